The predicted molar refractivity (Wildman–Crippen MR) is 57.9 cm³/mol. The molecule has 1 heterocycles. The van der Waals surface area contributed by atoms with Gasteiger partial charge in [-0.05, 0) is 18.5 Å². The molecule has 0 aliphatic carbocycles. The van der Waals surface area contributed by atoms with Crippen LogP contribution >= 0.6 is 11.5 Å². The summed E-state index contributed by atoms with van der Waals surface area (Å²) in [6.45, 7) is 1.41. The van der Waals surface area contributed by atoms with Gasteiger partial charge in [-0.15, -0.1) is 0 Å². The van der Waals surface area contributed by atoms with Crippen LogP contribution in [0.25, 0.3) is 0 Å². The maximum Gasteiger partial charge on any atom is 0.397 e. The number of carbonyl (C=O) groups is 2. The molecule has 0 aromatic carbocycles. The summed E-state index contributed by atoms with van der Waals surface area (Å²) < 4.78 is 39.9. The van der Waals surface area contributed by atoms with E-state index in [1.54, 1.807) is 0 Å². The van der Waals surface area contributed by atoms with E-state index in [1.807, 2.05) is 0 Å². The van der Waals surface area contributed by atoms with Crippen LogP contribution in [-0.2, 0) is 4.79 Å². The minimum Gasteiger partial charge on any atom is -0.478 e. The first kappa shape index (κ1) is 14.4. The molecule has 1 rings (SSSR count). The summed E-state index contributed by atoms with van der Waals surface area (Å²) in [6, 6.07) is 0. The molecule has 0 aliphatic heterocycles. The van der Waals surface area contributed by atoms with Gasteiger partial charge < -0.3 is 10.0 Å². The van der Waals surface area contributed by atoms with Gasteiger partial charge in [0, 0.05) is 7.05 Å². The highest BCUT2D eigenvalue weighted by molar-refractivity contribution is 7.11. The molecule has 1 amide bonds. The van der Waals surface area contributed by atoms with E-state index in [-0.39, 0.29) is 16.3 Å². The van der Waals surface area contributed by atoms with Crippen molar-refractivity contribution in [1.29, 1.82) is 0 Å². The number of carbonyl (C=O) groups excluding carboxylic acids is 1. The van der Waals surface area contributed by atoms with Crippen LogP contribution in [0.4, 0.5) is 18.2 Å². The lowest BCUT2D eigenvalue weighted by molar-refractivity contribution is -0.151. The van der Waals surface area contributed by atoms with Crippen LogP contribution in [0.2, 0.25) is 0 Å². The van der Waals surface area contributed by atoms with Gasteiger partial charge >= 0.3 is 12.1 Å². The fourth-order valence-corrected chi connectivity index (χ4v) is 2.10. The van der Waals surface area contributed by atoms with Crippen molar-refractivity contribution in [2.45, 2.75) is 19.5 Å². The largest absolute Gasteiger partial charge is 0.478 e. The summed E-state index contributed by atoms with van der Waals surface area (Å²) in [5, 5.41) is 8.80. The van der Waals surface area contributed by atoms with Crippen molar-refractivity contribution in [3.05, 3.63) is 11.3 Å². The van der Waals surface area contributed by atoms with Crippen molar-refractivity contribution in [3.8, 4) is 0 Å². The molecule has 18 heavy (non-hydrogen) atoms. The first-order valence-corrected chi connectivity index (χ1v) is 5.43. The maximum atomic E-state index is 12.1. The number of aromatic carboxylic acids is 1. The van der Waals surface area contributed by atoms with Gasteiger partial charge in [0.05, 0.1) is 5.69 Å². The Morgan fingerprint density at radius 1 is 1.44 bits per heavy atom. The average Bonchev–Trinajstić information content (AvgIpc) is 2.56. The van der Waals surface area contributed by atoms with Crippen LogP contribution in [-0.4, -0.2) is 34.6 Å². The smallest absolute Gasteiger partial charge is 0.397 e. The fraction of sp³-hybridized carbons (Fsp3) is 0.444. The van der Waals surface area contributed by atoms with Crippen molar-refractivity contribution in [2.24, 2.45) is 0 Å². The van der Waals surface area contributed by atoms with Crippen LogP contribution in [0, 0.1) is 6.92 Å². The monoisotopic (exact) mass is 282 g/mol. The van der Waals surface area contributed by atoms with Gasteiger partial charge in [0.15, 0.2) is 0 Å². The summed E-state index contributed by atoms with van der Waals surface area (Å²) >= 11 is 0.674. The Labute approximate surface area is 104 Å². The van der Waals surface area contributed by atoms with Gasteiger partial charge in [-0.1, -0.05) is 0 Å². The third-order valence-electron chi connectivity index (χ3n) is 2.09. The molecule has 9 heteroatoms. The van der Waals surface area contributed by atoms with Gasteiger partial charge in [-0.3, -0.25) is 4.79 Å². The normalized spacial score (nSPS) is 11.4. The molecular weight excluding hydrogens is 273 g/mol. The minimum atomic E-state index is -4.63. The van der Waals surface area contributed by atoms with Gasteiger partial charge in [-0.25, -0.2) is 4.79 Å². The Kier molecular flexibility index (Phi) is 3.95. The Morgan fingerprint density at radius 2 is 2.00 bits per heavy atom. The van der Waals surface area contributed by atoms with Gasteiger partial charge in [-0.2, -0.15) is 17.5 Å². The predicted octanol–water partition coefficient (Wildman–Crippen LogP) is 2.06. The van der Waals surface area contributed by atoms with Crippen LogP contribution in [0.5, 0.6) is 0 Å². The van der Waals surface area contributed by atoms with E-state index >= 15 is 0 Å². The molecule has 0 spiro atoms. The minimum absolute atomic E-state index is 0.103. The number of anilines is 1. The first-order chi connectivity index (χ1) is 8.13. The fourth-order valence-electron chi connectivity index (χ4n) is 1.24. The second-order valence-electron chi connectivity index (χ2n) is 3.50. The first-order valence-electron chi connectivity index (χ1n) is 4.66. The van der Waals surface area contributed by atoms with Crippen molar-refractivity contribution in [3.63, 3.8) is 0 Å². The zero-order valence-electron chi connectivity index (χ0n) is 9.41. The zero-order valence-corrected chi connectivity index (χ0v) is 10.2. The number of aryl methyl sites for hydroxylation is 1. The number of carboxylic acid groups (broad SMARTS) is 1. The zero-order chi connectivity index (χ0) is 14.1. The maximum absolute atomic E-state index is 12.1. The van der Waals surface area contributed by atoms with Gasteiger partial charge in [0.1, 0.15) is 17.0 Å². The number of hydrogen-bond acceptors (Lipinski definition) is 4. The van der Waals surface area contributed by atoms with E-state index in [4.69, 9.17) is 5.11 Å². The molecule has 0 radical (unpaired) electrons. The number of carboxylic acids is 1. The molecule has 5 nitrogen and oxygen atoms in total. The van der Waals surface area contributed by atoms with Crippen molar-refractivity contribution >= 4 is 28.4 Å². The Balaban J connectivity index is 3.01. The van der Waals surface area contributed by atoms with Crippen molar-refractivity contribution in [1.82, 2.24) is 4.37 Å². The number of hydrogen-bond donors (Lipinski definition) is 1. The number of alkyl halides is 3. The van der Waals surface area contributed by atoms with E-state index in [1.165, 1.54) is 6.92 Å². The second-order valence-corrected chi connectivity index (χ2v) is 4.25. The summed E-state index contributed by atoms with van der Waals surface area (Å²) in [5.41, 5.74) is -0.0906. The van der Waals surface area contributed by atoms with Crippen LogP contribution in [0.3, 0.4) is 0 Å². The Bertz CT molecular complexity index is 484. The van der Waals surface area contributed by atoms with E-state index in [9.17, 15) is 22.8 Å². The quantitative estimate of drug-likeness (QED) is 0.921. The standard InChI is InChI=1S/C9H9F3N2O3S/c1-4-6(8(16)17)7(18-13-4)14(2)5(15)3-9(10,11)12/h3H2,1-2H3,(H,16,17). The molecule has 0 aliphatic rings. The van der Waals surface area contributed by atoms with Crippen LogP contribution < -0.4 is 4.90 Å². The lowest BCUT2D eigenvalue weighted by Gasteiger charge is -2.16. The Morgan fingerprint density at radius 3 is 2.44 bits per heavy atom. The summed E-state index contributed by atoms with van der Waals surface area (Å²) in [7, 11) is 1.09. The molecule has 1 N–H and O–H groups in total. The molecule has 1 aromatic heterocycles. The average molecular weight is 282 g/mol. The molecule has 0 saturated heterocycles. The SMILES string of the molecule is Cc1nsc(N(C)C(=O)CC(F)(F)F)c1C(=O)O. The highest BCUT2D eigenvalue weighted by Crippen LogP contribution is 2.30. The molecule has 0 fully saturated rings. The van der Waals surface area contributed by atoms with E-state index < -0.39 is 24.5 Å². The number of rotatable bonds is 3. The number of nitrogens with zero attached hydrogens (tertiary/aromatic N) is 2. The lowest BCUT2D eigenvalue weighted by Crippen LogP contribution is -2.31. The molecule has 0 saturated carbocycles. The van der Waals surface area contributed by atoms with Crippen LogP contribution in [0.15, 0.2) is 0 Å². The van der Waals surface area contributed by atoms with E-state index in [0.717, 1.165) is 7.05 Å². The summed E-state index contributed by atoms with van der Waals surface area (Å²) in [5.74, 6) is -2.56. The molecule has 0 atom stereocenters. The highest BCUT2D eigenvalue weighted by Gasteiger charge is 2.34. The van der Waals surface area contributed by atoms with Crippen molar-refractivity contribution in [2.75, 3.05) is 11.9 Å². The second kappa shape index (κ2) is 4.92. The molecule has 100 valence electrons. The van der Waals surface area contributed by atoms with Gasteiger partial charge in [0.25, 0.3) is 0 Å². The summed E-state index contributed by atoms with van der Waals surface area (Å²) in [6.07, 6.45) is -6.27. The molecule has 0 bridgehead atoms. The number of halogens is 3. The Hall–Kier alpha value is -1.64. The topological polar surface area (TPSA) is 70.5 Å². The van der Waals surface area contributed by atoms with Crippen LogP contribution in [0.1, 0.15) is 22.5 Å². The molecular formula is C9H9F3N2O3S. The molecule has 0 unspecified atom stereocenters. The third kappa shape index (κ3) is 3.19. The lowest BCUT2D eigenvalue weighted by atomic mass is 10.2. The van der Waals surface area contributed by atoms with E-state index in [0.29, 0.717) is 16.4 Å². The van der Waals surface area contributed by atoms with Gasteiger partial charge in [0.2, 0.25) is 5.91 Å². The summed E-state index contributed by atoms with van der Waals surface area (Å²) in [4.78, 5) is 22.9. The third-order valence-corrected chi connectivity index (χ3v) is 3.11. The van der Waals surface area contributed by atoms with Crippen molar-refractivity contribution < 1.29 is 27.9 Å². The molecule has 1 aromatic rings. The van der Waals surface area contributed by atoms with E-state index in [2.05, 4.69) is 4.37 Å². The number of amides is 1. The highest BCUT2D eigenvalue weighted by atomic mass is 32.1. The number of aromatic nitrogens is 1.